The van der Waals surface area contributed by atoms with E-state index in [-0.39, 0.29) is 5.41 Å². The largest absolute Gasteiger partial charge is 0.497 e. The maximum absolute atomic E-state index is 5.99. The van der Waals surface area contributed by atoms with E-state index in [9.17, 15) is 0 Å². The highest BCUT2D eigenvalue weighted by Crippen LogP contribution is 2.39. The number of ether oxygens (including phenoxy) is 1. The third-order valence-corrected chi connectivity index (χ3v) is 5.09. The zero-order valence-electron chi connectivity index (χ0n) is 14.8. The first-order chi connectivity index (χ1) is 12.2. The van der Waals surface area contributed by atoms with Gasteiger partial charge >= 0.3 is 0 Å². The molecule has 0 fully saturated rings. The summed E-state index contributed by atoms with van der Waals surface area (Å²) in [6.07, 6.45) is 5.64. The summed E-state index contributed by atoms with van der Waals surface area (Å²) in [5.74, 6) is 0.872. The van der Waals surface area contributed by atoms with Gasteiger partial charge in [0.25, 0.3) is 0 Å². The van der Waals surface area contributed by atoms with E-state index in [2.05, 4.69) is 53.5 Å². The maximum Gasteiger partial charge on any atom is 0.118 e. The van der Waals surface area contributed by atoms with Crippen molar-refractivity contribution >= 4 is 0 Å². The maximum atomic E-state index is 5.99. The van der Waals surface area contributed by atoms with Crippen LogP contribution in [0.1, 0.15) is 30.9 Å². The Hall–Kier alpha value is -2.59. The molecule has 0 aliphatic carbocycles. The van der Waals surface area contributed by atoms with E-state index in [1.807, 2.05) is 24.5 Å². The highest BCUT2D eigenvalue weighted by atomic mass is 16.5. The van der Waals surface area contributed by atoms with E-state index in [1.54, 1.807) is 7.11 Å². The van der Waals surface area contributed by atoms with E-state index < -0.39 is 0 Å². The van der Waals surface area contributed by atoms with Gasteiger partial charge in [0.15, 0.2) is 0 Å². The quantitative estimate of drug-likeness (QED) is 0.682. The van der Waals surface area contributed by atoms with Crippen LogP contribution in [0.4, 0.5) is 0 Å². The number of H-pyrrole nitrogens is 1. The first-order valence-corrected chi connectivity index (χ1v) is 8.68. The van der Waals surface area contributed by atoms with Gasteiger partial charge in [-0.1, -0.05) is 43.3 Å². The molecule has 2 aromatic carbocycles. The zero-order chi connectivity index (χ0) is 17.7. The van der Waals surface area contributed by atoms with Crippen LogP contribution >= 0.6 is 0 Å². The number of nitrogens with zero attached hydrogens (tertiary/aromatic N) is 1. The first-order valence-electron chi connectivity index (χ1n) is 8.68. The predicted molar refractivity (Wildman–Crippen MR) is 102 cm³/mol. The number of nitrogens with one attached hydrogen (secondary N) is 1. The molecule has 1 unspecified atom stereocenters. The summed E-state index contributed by atoms with van der Waals surface area (Å²) in [6.45, 7) is 2.87. The van der Waals surface area contributed by atoms with E-state index in [0.717, 1.165) is 29.7 Å². The summed E-state index contributed by atoms with van der Waals surface area (Å²) in [4.78, 5) is 0. The molecular formula is C21H25N3O. The summed E-state index contributed by atoms with van der Waals surface area (Å²) < 4.78 is 5.30. The molecule has 1 aromatic heterocycles. The molecular weight excluding hydrogens is 310 g/mol. The molecule has 0 saturated carbocycles. The van der Waals surface area contributed by atoms with E-state index in [1.165, 1.54) is 11.1 Å². The second-order valence-electron chi connectivity index (χ2n) is 6.27. The first kappa shape index (κ1) is 17.2. The van der Waals surface area contributed by atoms with Crippen LogP contribution in [0.2, 0.25) is 0 Å². The molecule has 25 heavy (non-hydrogen) atoms. The Bertz CT molecular complexity index is 779. The van der Waals surface area contributed by atoms with Crippen LogP contribution in [-0.4, -0.2) is 23.9 Å². The van der Waals surface area contributed by atoms with Crippen molar-refractivity contribution < 1.29 is 4.74 Å². The van der Waals surface area contributed by atoms with Crippen LogP contribution < -0.4 is 10.5 Å². The summed E-state index contributed by atoms with van der Waals surface area (Å²) in [7, 11) is 1.69. The lowest BCUT2D eigenvalue weighted by atomic mass is 9.70. The van der Waals surface area contributed by atoms with Gasteiger partial charge in [0.1, 0.15) is 5.75 Å². The Morgan fingerprint density at radius 1 is 1.00 bits per heavy atom. The Morgan fingerprint density at radius 3 is 2.12 bits per heavy atom. The molecule has 0 saturated heterocycles. The van der Waals surface area contributed by atoms with Crippen LogP contribution in [0.15, 0.2) is 60.9 Å². The molecule has 0 bridgehead atoms. The Kier molecular flexibility index (Phi) is 5.19. The van der Waals surface area contributed by atoms with Crippen molar-refractivity contribution in [3.05, 3.63) is 72.1 Å². The fraction of sp³-hybridized carbons (Fsp3) is 0.286. The van der Waals surface area contributed by atoms with Gasteiger partial charge < -0.3 is 10.5 Å². The van der Waals surface area contributed by atoms with Crippen LogP contribution in [0, 0.1) is 0 Å². The van der Waals surface area contributed by atoms with Crippen molar-refractivity contribution in [1.29, 1.82) is 0 Å². The normalized spacial score (nSPS) is 13.4. The molecule has 1 atom stereocenters. The molecule has 3 N–H and O–H groups in total. The molecule has 1 heterocycles. The molecule has 3 rings (SSSR count). The van der Waals surface area contributed by atoms with Gasteiger partial charge in [0.2, 0.25) is 0 Å². The number of benzene rings is 2. The second kappa shape index (κ2) is 7.53. The van der Waals surface area contributed by atoms with E-state index >= 15 is 0 Å². The SMILES string of the molecule is CCC(CCN)(c1ccc(OC)cc1)c1ccc(-c2cn[nH]c2)cc1. The lowest BCUT2D eigenvalue weighted by Gasteiger charge is -2.34. The van der Waals surface area contributed by atoms with Gasteiger partial charge in [-0.2, -0.15) is 5.10 Å². The molecule has 4 nitrogen and oxygen atoms in total. The van der Waals surface area contributed by atoms with Gasteiger partial charge in [-0.05, 0) is 48.2 Å². The van der Waals surface area contributed by atoms with Crippen molar-refractivity contribution in [2.75, 3.05) is 13.7 Å². The average molecular weight is 335 g/mol. The molecule has 0 radical (unpaired) electrons. The van der Waals surface area contributed by atoms with Gasteiger partial charge in [0.05, 0.1) is 13.3 Å². The van der Waals surface area contributed by atoms with Crippen molar-refractivity contribution in [2.24, 2.45) is 5.73 Å². The molecule has 0 spiro atoms. The lowest BCUT2D eigenvalue weighted by molar-refractivity contribution is 0.413. The number of methoxy groups -OCH3 is 1. The number of nitrogens with two attached hydrogens (primary N) is 1. The Labute approximate surface area is 149 Å². The zero-order valence-corrected chi connectivity index (χ0v) is 14.8. The molecule has 4 heteroatoms. The number of rotatable bonds is 7. The molecule has 3 aromatic rings. The van der Waals surface area contributed by atoms with Crippen LogP contribution in [0.5, 0.6) is 5.75 Å². The summed E-state index contributed by atoms with van der Waals surface area (Å²) in [5.41, 5.74) is 10.7. The minimum absolute atomic E-state index is 0.0874. The van der Waals surface area contributed by atoms with Crippen LogP contribution in [0.25, 0.3) is 11.1 Å². The Morgan fingerprint density at radius 2 is 1.64 bits per heavy atom. The fourth-order valence-corrected chi connectivity index (χ4v) is 3.59. The van der Waals surface area contributed by atoms with Crippen molar-refractivity contribution in [2.45, 2.75) is 25.2 Å². The van der Waals surface area contributed by atoms with Crippen LogP contribution in [-0.2, 0) is 5.41 Å². The minimum atomic E-state index is -0.0874. The molecule has 0 amide bonds. The smallest absolute Gasteiger partial charge is 0.118 e. The van der Waals surface area contributed by atoms with Gasteiger partial charge in [-0.25, -0.2) is 0 Å². The highest BCUT2D eigenvalue weighted by Gasteiger charge is 2.31. The van der Waals surface area contributed by atoms with Gasteiger partial charge in [-0.3, -0.25) is 5.10 Å². The monoisotopic (exact) mass is 335 g/mol. The van der Waals surface area contributed by atoms with E-state index in [0.29, 0.717) is 6.54 Å². The fourth-order valence-electron chi connectivity index (χ4n) is 3.59. The topological polar surface area (TPSA) is 63.9 Å². The standard InChI is InChI=1S/C21H25N3O/c1-3-21(12-13-22,19-8-10-20(25-2)11-9-19)18-6-4-16(5-7-18)17-14-23-24-15-17/h4-11,14-15H,3,12-13,22H2,1-2H3,(H,23,24). The second-order valence-corrected chi connectivity index (χ2v) is 6.27. The third-order valence-electron chi connectivity index (χ3n) is 5.09. The lowest BCUT2D eigenvalue weighted by Crippen LogP contribution is -2.30. The average Bonchev–Trinajstić information content (AvgIpc) is 3.21. The highest BCUT2D eigenvalue weighted by molar-refractivity contribution is 5.62. The van der Waals surface area contributed by atoms with Crippen molar-refractivity contribution in [3.8, 4) is 16.9 Å². The molecule has 130 valence electrons. The van der Waals surface area contributed by atoms with Gasteiger partial charge in [-0.15, -0.1) is 0 Å². The Balaban J connectivity index is 2.02. The summed E-state index contributed by atoms with van der Waals surface area (Å²) in [5, 5.41) is 6.89. The molecule has 0 aliphatic rings. The third kappa shape index (κ3) is 3.30. The van der Waals surface area contributed by atoms with Gasteiger partial charge in [0, 0.05) is 17.2 Å². The number of hydrogen-bond donors (Lipinski definition) is 2. The summed E-state index contributed by atoms with van der Waals surface area (Å²) in [6, 6.07) is 17.1. The predicted octanol–water partition coefficient (Wildman–Crippen LogP) is 4.13. The van der Waals surface area contributed by atoms with Crippen molar-refractivity contribution in [3.63, 3.8) is 0 Å². The number of aromatic amines is 1. The number of aromatic nitrogens is 2. The summed E-state index contributed by atoms with van der Waals surface area (Å²) >= 11 is 0. The van der Waals surface area contributed by atoms with Crippen molar-refractivity contribution in [1.82, 2.24) is 10.2 Å². The number of hydrogen-bond acceptors (Lipinski definition) is 3. The molecule has 0 aliphatic heterocycles. The minimum Gasteiger partial charge on any atom is -0.497 e. The van der Waals surface area contributed by atoms with Crippen LogP contribution in [0.3, 0.4) is 0 Å². The van der Waals surface area contributed by atoms with E-state index in [4.69, 9.17) is 10.5 Å².